The van der Waals surface area contributed by atoms with Crippen LogP contribution in [-0.2, 0) is 10.0 Å². The van der Waals surface area contributed by atoms with Gasteiger partial charge in [-0.25, -0.2) is 13.2 Å². The van der Waals surface area contributed by atoms with Crippen molar-refractivity contribution in [3.63, 3.8) is 0 Å². The number of sulfonamides is 1. The van der Waals surface area contributed by atoms with Gasteiger partial charge in [0.1, 0.15) is 16.7 Å². The highest BCUT2D eigenvalue weighted by Crippen LogP contribution is 2.34. The number of amides is 2. The topological polar surface area (TPSA) is 99.2 Å². The third kappa shape index (κ3) is 6.85. The number of rotatable bonds is 5. The number of likely N-dealkylation sites (N-methyl/N-ethyl adjacent to an activating group) is 1. The van der Waals surface area contributed by atoms with Gasteiger partial charge in [-0.3, -0.25) is 0 Å². The molecule has 1 aliphatic heterocycles. The second-order valence-electron chi connectivity index (χ2n) is 9.31. The third-order valence-corrected chi connectivity index (χ3v) is 7.40. The molecule has 0 radical (unpaired) electrons. The molecule has 184 valence electrons. The molecule has 0 saturated carbocycles. The van der Waals surface area contributed by atoms with Crippen LogP contribution in [0.3, 0.4) is 0 Å². The van der Waals surface area contributed by atoms with Gasteiger partial charge in [0.15, 0.2) is 0 Å². The van der Waals surface area contributed by atoms with Gasteiger partial charge in [0, 0.05) is 43.1 Å². The lowest BCUT2D eigenvalue weighted by Crippen LogP contribution is -2.51. The number of nitrogens with zero attached hydrogens (tertiary/aromatic N) is 2. The molecule has 0 spiro atoms. The fourth-order valence-electron chi connectivity index (χ4n) is 3.46. The van der Waals surface area contributed by atoms with Crippen molar-refractivity contribution in [2.24, 2.45) is 11.8 Å². The molecule has 0 unspecified atom stereocenters. The van der Waals surface area contributed by atoms with Crippen LogP contribution < -0.4 is 10.1 Å². The average Bonchev–Trinajstić information content (AvgIpc) is 2.73. The molecule has 3 atom stereocenters. The fourth-order valence-corrected chi connectivity index (χ4v) is 5.28. The number of aliphatic hydroxyl groups excluding tert-OH is 1. The van der Waals surface area contributed by atoms with E-state index in [4.69, 9.17) is 4.74 Å². The Morgan fingerprint density at radius 1 is 1.30 bits per heavy atom. The highest BCUT2D eigenvalue weighted by Gasteiger charge is 2.38. The number of hydrogen-bond donors (Lipinski definition) is 2. The SMILES string of the molecule is CC(C)C#Cc1ccc2c(c1)O[C@H](CN(C)C(=O)NC(C)C)[C@H](C)CN([C@@H](C)CO)S2(=O)=O. The second kappa shape index (κ2) is 11.2. The van der Waals surface area contributed by atoms with E-state index < -0.39 is 22.2 Å². The van der Waals surface area contributed by atoms with Crippen molar-refractivity contribution in [1.29, 1.82) is 0 Å². The van der Waals surface area contributed by atoms with E-state index in [-0.39, 0.29) is 54.3 Å². The first-order chi connectivity index (χ1) is 15.4. The fraction of sp³-hybridized carbons (Fsp3) is 0.625. The molecule has 0 saturated heterocycles. The summed E-state index contributed by atoms with van der Waals surface area (Å²) in [6, 6.07) is 3.97. The van der Waals surface area contributed by atoms with Crippen LogP contribution in [0.4, 0.5) is 4.79 Å². The molecule has 9 heteroatoms. The molecule has 1 aliphatic rings. The number of benzene rings is 1. The Morgan fingerprint density at radius 3 is 2.55 bits per heavy atom. The molecule has 0 aromatic heterocycles. The third-order valence-electron chi connectivity index (χ3n) is 5.38. The summed E-state index contributed by atoms with van der Waals surface area (Å²) in [7, 11) is -2.23. The first-order valence-electron chi connectivity index (χ1n) is 11.3. The lowest BCUT2D eigenvalue weighted by atomic mass is 10.0. The first-order valence-corrected chi connectivity index (χ1v) is 12.8. The molecule has 0 bridgehead atoms. The number of hydrogen-bond acceptors (Lipinski definition) is 5. The van der Waals surface area contributed by atoms with Crippen LogP contribution in [0.2, 0.25) is 0 Å². The van der Waals surface area contributed by atoms with Crippen LogP contribution in [0.5, 0.6) is 5.75 Å². The van der Waals surface area contributed by atoms with Crippen LogP contribution in [0.15, 0.2) is 23.1 Å². The van der Waals surface area contributed by atoms with Crippen LogP contribution >= 0.6 is 0 Å². The molecule has 33 heavy (non-hydrogen) atoms. The molecule has 1 heterocycles. The highest BCUT2D eigenvalue weighted by atomic mass is 32.2. The van der Waals surface area contributed by atoms with Gasteiger partial charge in [-0.05, 0) is 39.0 Å². The summed E-state index contributed by atoms with van der Waals surface area (Å²) in [6.07, 6.45) is -0.469. The lowest BCUT2D eigenvalue weighted by Gasteiger charge is -2.37. The maximum Gasteiger partial charge on any atom is 0.317 e. The van der Waals surface area contributed by atoms with Gasteiger partial charge in [0.2, 0.25) is 10.0 Å². The monoisotopic (exact) mass is 479 g/mol. The lowest BCUT2D eigenvalue weighted by molar-refractivity contribution is 0.0809. The minimum atomic E-state index is -3.91. The minimum absolute atomic E-state index is 0.00974. The molecular formula is C24H37N3O5S. The zero-order chi connectivity index (χ0) is 24.9. The van der Waals surface area contributed by atoms with E-state index >= 15 is 0 Å². The molecule has 2 rings (SSSR count). The van der Waals surface area contributed by atoms with Crippen molar-refractivity contribution in [2.45, 2.75) is 64.6 Å². The van der Waals surface area contributed by atoms with Crippen molar-refractivity contribution in [3.05, 3.63) is 23.8 Å². The standard InChI is InChI=1S/C24H37N3O5S/c1-16(2)8-9-20-10-11-23-21(12-20)32-22(14-26(7)24(29)25-17(3)4)18(5)13-27(19(6)15-28)33(23,30)31/h10-12,16-19,22,28H,13-15H2,1-7H3,(H,25,29)/t18-,19+,22-/m1/s1. The van der Waals surface area contributed by atoms with E-state index in [1.807, 2.05) is 34.6 Å². The van der Waals surface area contributed by atoms with Crippen molar-refractivity contribution in [3.8, 4) is 17.6 Å². The number of ether oxygens (including phenoxy) is 1. The largest absolute Gasteiger partial charge is 0.487 e. The van der Waals surface area contributed by atoms with Crippen molar-refractivity contribution in [1.82, 2.24) is 14.5 Å². The summed E-state index contributed by atoms with van der Waals surface area (Å²) in [6.45, 7) is 11.4. The molecule has 1 aromatic carbocycles. The predicted molar refractivity (Wildman–Crippen MR) is 128 cm³/mol. The number of fused-ring (bicyclic) bond motifs is 1. The van der Waals surface area contributed by atoms with Crippen LogP contribution in [0.25, 0.3) is 0 Å². The van der Waals surface area contributed by atoms with Crippen LogP contribution in [0, 0.1) is 23.7 Å². The Kier molecular flexibility index (Phi) is 9.18. The Balaban J connectivity index is 2.53. The van der Waals surface area contributed by atoms with Gasteiger partial charge in [-0.1, -0.05) is 32.6 Å². The zero-order valence-corrected chi connectivity index (χ0v) is 21.4. The zero-order valence-electron chi connectivity index (χ0n) is 20.6. The molecule has 1 aromatic rings. The van der Waals surface area contributed by atoms with E-state index in [0.29, 0.717) is 5.56 Å². The Bertz CT molecular complexity index is 997. The number of urea groups is 1. The summed E-state index contributed by atoms with van der Waals surface area (Å²) >= 11 is 0. The molecular weight excluding hydrogens is 442 g/mol. The van der Waals surface area contributed by atoms with Gasteiger partial charge in [-0.15, -0.1) is 0 Å². The smallest absolute Gasteiger partial charge is 0.317 e. The molecule has 0 fully saturated rings. The molecule has 8 nitrogen and oxygen atoms in total. The van der Waals surface area contributed by atoms with E-state index in [1.165, 1.54) is 10.4 Å². The summed E-state index contributed by atoms with van der Waals surface area (Å²) in [5.41, 5.74) is 0.650. The Hall–Kier alpha value is -2.28. The van der Waals surface area contributed by atoms with Gasteiger partial charge >= 0.3 is 6.03 Å². The number of carbonyl (C=O) groups is 1. The minimum Gasteiger partial charge on any atom is -0.487 e. The molecule has 2 amide bonds. The molecule has 2 N–H and O–H groups in total. The Morgan fingerprint density at radius 2 is 1.97 bits per heavy atom. The first kappa shape index (κ1) is 27.0. The number of aliphatic hydroxyl groups is 1. The van der Waals surface area contributed by atoms with E-state index in [0.717, 1.165) is 0 Å². The number of nitrogens with one attached hydrogen (secondary N) is 1. The quantitative estimate of drug-likeness (QED) is 0.633. The second-order valence-corrected chi connectivity index (χ2v) is 11.2. The molecule has 0 aliphatic carbocycles. The van der Waals surface area contributed by atoms with Crippen molar-refractivity contribution >= 4 is 16.1 Å². The van der Waals surface area contributed by atoms with E-state index in [1.54, 1.807) is 31.0 Å². The summed E-state index contributed by atoms with van der Waals surface area (Å²) in [5, 5.41) is 12.6. The van der Waals surface area contributed by atoms with E-state index in [2.05, 4.69) is 17.2 Å². The van der Waals surface area contributed by atoms with Crippen LogP contribution in [0.1, 0.15) is 47.1 Å². The summed E-state index contributed by atoms with van der Waals surface area (Å²) in [5.74, 6) is 6.26. The average molecular weight is 480 g/mol. The van der Waals surface area contributed by atoms with Gasteiger partial charge in [-0.2, -0.15) is 4.31 Å². The van der Waals surface area contributed by atoms with Crippen molar-refractivity contribution in [2.75, 3.05) is 26.7 Å². The van der Waals surface area contributed by atoms with Crippen LogP contribution in [-0.4, -0.2) is 73.7 Å². The predicted octanol–water partition coefficient (Wildman–Crippen LogP) is 2.51. The normalized spacial score (nSPS) is 21.2. The number of carbonyl (C=O) groups excluding carboxylic acids is 1. The van der Waals surface area contributed by atoms with Crippen molar-refractivity contribution < 1.29 is 23.1 Å². The maximum absolute atomic E-state index is 13.5. The summed E-state index contributed by atoms with van der Waals surface area (Å²) in [4.78, 5) is 14.0. The van der Waals surface area contributed by atoms with E-state index in [9.17, 15) is 18.3 Å². The van der Waals surface area contributed by atoms with Gasteiger partial charge < -0.3 is 20.1 Å². The maximum atomic E-state index is 13.5. The van der Waals surface area contributed by atoms with Gasteiger partial charge in [0.25, 0.3) is 0 Å². The highest BCUT2D eigenvalue weighted by molar-refractivity contribution is 7.89. The van der Waals surface area contributed by atoms with Gasteiger partial charge in [0.05, 0.1) is 13.2 Å². The Labute approximate surface area is 198 Å². The summed E-state index contributed by atoms with van der Waals surface area (Å²) < 4.78 is 34.5.